The zero-order valence-corrected chi connectivity index (χ0v) is 13.5. The molecule has 4 rings (SSSR count). The van der Waals surface area contributed by atoms with Gasteiger partial charge in [-0.3, -0.25) is 0 Å². The van der Waals surface area contributed by atoms with Crippen molar-refractivity contribution in [1.29, 1.82) is 0 Å². The Labute approximate surface area is 144 Å². The van der Waals surface area contributed by atoms with Gasteiger partial charge < -0.3 is 10.0 Å². The van der Waals surface area contributed by atoms with Crippen LogP contribution in [0, 0.1) is 12.7 Å². The standard InChI is InChI=1S/C16H13F4N5O/c1-9-6-12(25-14(21-9)22-13(23-25)16(18,19)20)24-7-15(26,8-24)10-2-4-11(17)5-3-10/h2-6,26H,7-8H2,1H3. The lowest BCUT2D eigenvalue weighted by Gasteiger charge is -2.47. The van der Waals surface area contributed by atoms with Crippen LogP contribution in [0.5, 0.6) is 0 Å². The van der Waals surface area contributed by atoms with Crippen LogP contribution < -0.4 is 4.90 Å². The summed E-state index contributed by atoms with van der Waals surface area (Å²) in [5.41, 5.74) is -0.206. The largest absolute Gasteiger partial charge is 0.453 e. The Hall–Kier alpha value is -2.75. The molecule has 6 nitrogen and oxygen atoms in total. The van der Waals surface area contributed by atoms with Crippen molar-refractivity contribution in [3.8, 4) is 0 Å². The first-order valence-electron chi connectivity index (χ1n) is 7.71. The normalized spacial score (nSPS) is 16.8. The number of hydrogen-bond acceptors (Lipinski definition) is 5. The molecular formula is C16H13F4N5O. The number of aryl methyl sites for hydroxylation is 1. The fourth-order valence-corrected chi connectivity index (χ4v) is 3.00. The van der Waals surface area contributed by atoms with Gasteiger partial charge in [0.15, 0.2) is 0 Å². The van der Waals surface area contributed by atoms with E-state index < -0.39 is 23.4 Å². The highest BCUT2D eigenvalue weighted by molar-refractivity contribution is 5.52. The van der Waals surface area contributed by atoms with Crippen LogP contribution in [0.15, 0.2) is 30.3 Å². The first-order valence-corrected chi connectivity index (χ1v) is 7.71. The minimum atomic E-state index is -4.68. The van der Waals surface area contributed by atoms with Crippen molar-refractivity contribution in [2.45, 2.75) is 18.7 Å². The molecule has 0 atom stereocenters. The second-order valence-corrected chi connectivity index (χ2v) is 6.30. The average molecular weight is 367 g/mol. The van der Waals surface area contributed by atoms with Crippen molar-refractivity contribution >= 4 is 11.6 Å². The summed E-state index contributed by atoms with van der Waals surface area (Å²) >= 11 is 0. The second-order valence-electron chi connectivity index (χ2n) is 6.30. The molecule has 1 saturated heterocycles. The van der Waals surface area contributed by atoms with Gasteiger partial charge in [0, 0.05) is 11.8 Å². The fourth-order valence-electron chi connectivity index (χ4n) is 3.00. The molecular weight excluding hydrogens is 354 g/mol. The SMILES string of the molecule is Cc1cc(N2CC(O)(c3ccc(F)cc3)C2)n2nc(C(F)(F)F)nc2n1. The molecule has 1 fully saturated rings. The predicted octanol–water partition coefficient (Wildman–Crippen LogP) is 2.30. The van der Waals surface area contributed by atoms with E-state index in [1.54, 1.807) is 17.9 Å². The zero-order chi connectivity index (χ0) is 18.7. The van der Waals surface area contributed by atoms with Crippen molar-refractivity contribution in [3.05, 3.63) is 53.2 Å². The molecule has 1 aliphatic rings. The summed E-state index contributed by atoms with van der Waals surface area (Å²) < 4.78 is 52.7. The first kappa shape index (κ1) is 16.7. The molecule has 0 unspecified atom stereocenters. The summed E-state index contributed by atoms with van der Waals surface area (Å²) in [5.74, 6) is -1.50. The Bertz CT molecular complexity index is 977. The van der Waals surface area contributed by atoms with E-state index in [1.807, 2.05) is 0 Å². The van der Waals surface area contributed by atoms with Gasteiger partial charge in [-0.25, -0.2) is 9.37 Å². The molecule has 0 radical (unpaired) electrons. The van der Waals surface area contributed by atoms with Crippen LogP contribution in [0.2, 0.25) is 0 Å². The monoisotopic (exact) mass is 367 g/mol. The van der Waals surface area contributed by atoms with E-state index in [1.165, 1.54) is 24.3 Å². The number of anilines is 1. The number of rotatable bonds is 2. The number of fused-ring (bicyclic) bond motifs is 1. The topological polar surface area (TPSA) is 66.5 Å². The van der Waals surface area contributed by atoms with E-state index in [0.29, 0.717) is 17.1 Å². The van der Waals surface area contributed by atoms with Gasteiger partial charge in [-0.05, 0) is 24.6 Å². The summed E-state index contributed by atoms with van der Waals surface area (Å²) in [7, 11) is 0. The molecule has 26 heavy (non-hydrogen) atoms. The number of β-amino-alcohol motifs (C(OH)–C–C–N with tert-alkyl or cyclic N) is 1. The number of nitrogens with zero attached hydrogens (tertiary/aromatic N) is 5. The maximum Gasteiger partial charge on any atom is 0.453 e. The summed E-state index contributed by atoms with van der Waals surface area (Å²) in [6, 6.07) is 7.04. The molecule has 0 saturated carbocycles. The van der Waals surface area contributed by atoms with Crippen LogP contribution in [0.1, 0.15) is 17.1 Å². The molecule has 1 N–H and O–H groups in total. The van der Waals surface area contributed by atoms with E-state index >= 15 is 0 Å². The molecule has 0 spiro atoms. The molecule has 1 aromatic carbocycles. The number of aromatic nitrogens is 4. The van der Waals surface area contributed by atoms with Gasteiger partial charge in [-0.1, -0.05) is 12.1 Å². The Balaban J connectivity index is 1.68. The fraction of sp³-hybridized carbons (Fsp3) is 0.312. The Kier molecular flexibility index (Phi) is 3.45. The van der Waals surface area contributed by atoms with Gasteiger partial charge in [0.2, 0.25) is 0 Å². The van der Waals surface area contributed by atoms with Crippen LogP contribution >= 0.6 is 0 Å². The lowest BCUT2D eigenvalue weighted by Crippen LogP contribution is -2.60. The van der Waals surface area contributed by atoms with Crippen molar-refractivity contribution < 1.29 is 22.7 Å². The van der Waals surface area contributed by atoms with Gasteiger partial charge >= 0.3 is 6.18 Å². The smallest absolute Gasteiger partial charge is 0.381 e. The van der Waals surface area contributed by atoms with Crippen molar-refractivity contribution in [2.75, 3.05) is 18.0 Å². The number of hydrogen-bond donors (Lipinski definition) is 1. The van der Waals surface area contributed by atoms with Gasteiger partial charge in [0.1, 0.15) is 17.2 Å². The highest BCUT2D eigenvalue weighted by Gasteiger charge is 2.44. The number of alkyl halides is 3. The van der Waals surface area contributed by atoms with E-state index in [4.69, 9.17) is 0 Å². The van der Waals surface area contributed by atoms with Crippen molar-refractivity contribution in [3.63, 3.8) is 0 Å². The molecule has 10 heteroatoms. The highest BCUT2D eigenvalue weighted by Crippen LogP contribution is 2.36. The molecule has 136 valence electrons. The van der Waals surface area contributed by atoms with Crippen LogP contribution in [0.3, 0.4) is 0 Å². The zero-order valence-electron chi connectivity index (χ0n) is 13.5. The van der Waals surface area contributed by atoms with E-state index in [-0.39, 0.29) is 18.9 Å². The highest BCUT2D eigenvalue weighted by atomic mass is 19.4. The summed E-state index contributed by atoms with van der Waals surface area (Å²) in [6.07, 6.45) is -4.68. The quantitative estimate of drug-likeness (QED) is 0.704. The van der Waals surface area contributed by atoms with Crippen LogP contribution in [0.4, 0.5) is 23.4 Å². The Morgan fingerprint density at radius 2 is 1.77 bits per heavy atom. The molecule has 2 aromatic heterocycles. The Morgan fingerprint density at radius 3 is 2.38 bits per heavy atom. The van der Waals surface area contributed by atoms with E-state index in [0.717, 1.165) is 4.52 Å². The lowest BCUT2D eigenvalue weighted by atomic mass is 9.86. The van der Waals surface area contributed by atoms with Gasteiger partial charge in [-0.2, -0.15) is 22.7 Å². The molecule has 0 amide bonds. The number of halogens is 4. The van der Waals surface area contributed by atoms with Crippen molar-refractivity contribution in [2.24, 2.45) is 0 Å². The molecule has 3 aromatic rings. The predicted molar refractivity (Wildman–Crippen MR) is 83.0 cm³/mol. The molecule has 0 aliphatic carbocycles. The molecule has 3 heterocycles. The first-order chi connectivity index (χ1) is 12.2. The second kappa shape index (κ2) is 5.37. The summed E-state index contributed by atoms with van der Waals surface area (Å²) in [5, 5.41) is 14.2. The van der Waals surface area contributed by atoms with Crippen LogP contribution in [-0.2, 0) is 11.8 Å². The average Bonchev–Trinajstić information content (AvgIpc) is 2.96. The third-order valence-electron chi connectivity index (χ3n) is 4.29. The third kappa shape index (κ3) is 2.66. The van der Waals surface area contributed by atoms with E-state index in [9.17, 15) is 22.7 Å². The maximum absolute atomic E-state index is 13.0. The lowest BCUT2D eigenvalue weighted by molar-refractivity contribution is -0.144. The van der Waals surface area contributed by atoms with Crippen LogP contribution in [0.25, 0.3) is 5.78 Å². The van der Waals surface area contributed by atoms with E-state index in [2.05, 4.69) is 15.1 Å². The number of benzene rings is 1. The summed E-state index contributed by atoms with van der Waals surface area (Å²) in [4.78, 5) is 9.08. The third-order valence-corrected chi connectivity index (χ3v) is 4.29. The number of aliphatic hydroxyl groups is 1. The van der Waals surface area contributed by atoms with Gasteiger partial charge in [-0.15, -0.1) is 5.10 Å². The van der Waals surface area contributed by atoms with Crippen molar-refractivity contribution in [1.82, 2.24) is 19.6 Å². The maximum atomic E-state index is 13.0. The Morgan fingerprint density at radius 1 is 1.12 bits per heavy atom. The molecule has 1 aliphatic heterocycles. The van der Waals surface area contributed by atoms with Crippen LogP contribution in [-0.4, -0.2) is 37.8 Å². The van der Waals surface area contributed by atoms with Gasteiger partial charge in [0.25, 0.3) is 11.6 Å². The molecule has 0 bridgehead atoms. The minimum Gasteiger partial charge on any atom is -0.381 e. The van der Waals surface area contributed by atoms with Gasteiger partial charge in [0.05, 0.1) is 13.1 Å². The summed E-state index contributed by atoms with van der Waals surface area (Å²) in [6.45, 7) is 1.88. The minimum absolute atomic E-state index is 0.123.